The van der Waals surface area contributed by atoms with E-state index in [0.717, 1.165) is 0 Å². The maximum atomic E-state index is 12.1. The number of hydrogen-bond acceptors (Lipinski definition) is 7. The Labute approximate surface area is 155 Å². The lowest BCUT2D eigenvalue weighted by Gasteiger charge is -2.06. The van der Waals surface area contributed by atoms with Crippen molar-refractivity contribution in [1.82, 2.24) is 0 Å². The summed E-state index contributed by atoms with van der Waals surface area (Å²) >= 11 is 0. The van der Waals surface area contributed by atoms with Crippen LogP contribution in [0.4, 0.5) is 0 Å². The van der Waals surface area contributed by atoms with Crippen molar-refractivity contribution < 1.29 is 33.4 Å². The first-order chi connectivity index (χ1) is 13.0. The van der Waals surface area contributed by atoms with Gasteiger partial charge in [-0.25, -0.2) is 19.2 Å². The Hall–Kier alpha value is -3.48. The Kier molecular flexibility index (Phi) is 6.82. The number of hydrogen-bond donors (Lipinski definition) is 0. The second-order valence-corrected chi connectivity index (χ2v) is 5.27. The van der Waals surface area contributed by atoms with Crippen LogP contribution < -0.4 is 0 Å². The summed E-state index contributed by atoms with van der Waals surface area (Å²) in [5, 5.41) is 0. The molecule has 7 nitrogen and oxygen atoms in total. The molecule has 0 aromatic heterocycles. The first-order valence-corrected chi connectivity index (χ1v) is 8.27. The molecule has 0 radical (unpaired) electrons. The Morgan fingerprint density at radius 3 is 1.07 bits per heavy atom. The third-order valence-corrected chi connectivity index (χ3v) is 3.45. The molecule has 0 unspecified atom stereocenters. The lowest BCUT2D eigenvalue weighted by Crippen LogP contribution is -2.13. The standard InChI is InChI=1S/C20H18O7/c1-3-25-17(21)13-5-9-15(10-6-13)19(23)27-20(24)16-11-7-14(8-12-16)18(22)26-4-2/h5-12H,3-4H2,1-2H3. The fourth-order valence-electron chi connectivity index (χ4n) is 2.12. The quantitative estimate of drug-likeness (QED) is 0.438. The molecule has 0 N–H and O–H groups in total. The number of rotatable bonds is 6. The highest BCUT2D eigenvalue weighted by atomic mass is 16.6. The summed E-state index contributed by atoms with van der Waals surface area (Å²) in [6.45, 7) is 3.86. The third-order valence-electron chi connectivity index (χ3n) is 3.45. The minimum Gasteiger partial charge on any atom is -0.462 e. The molecule has 0 aliphatic carbocycles. The van der Waals surface area contributed by atoms with E-state index in [-0.39, 0.29) is 35.5 Å². The van der Waals surface area contributed by atoms with Crippen LogP contribution in [0.1, 0.15) is 55.3 Å². The Balaban J connectivity index is 2.01. The van der Waals surface area contributed by atoms with Gasteiger partial charge in [0.15, 0.2) is 0 Å². The zero-order valence-corrected chi connectivity index (χ0v) is 14.9. The minimum atomic E-state index is -0.857. The summed E-state index contributed by atoms with van der Waals surface area (Å²) in [6, 6.07) is 11.1. The van der Waals surface area contributed by atoms with Crippen molar-refractivity contribution in [3.63, 3.8) is 0 Å². The molecule has 140 valence electrons. The van der Waals surface area contributed by atoms with Gasteiger partial charge in [0.2, 0.25) is 0 Å². The number of ether oxygens (including phenoxy) is 3. The number of esters is 4. The van der Waals surface area contributed by atoms with Crippen LogP contribution in [0.25, 0.3) is 0 Å². The van der Waals surface area contributed by atoms with Gasteiger partial charge in [0.05, 0.1) is 35.5 Å². The first-order valence-electron chi connectivity index (χ1n) is 8.27. The highest BCUT2D eigenvalue weighted by Crippen LogP contribution is 2.11. The van der Waals surface area contributed by atoms with Crippen molar-refractivity contribution in [3.05, 3.63) is 70.8 Å². The predicted octanol–water partition coefficient (Wildman–Crippen LogP) is 3.04. The summed E-state index contributed by atoms with van der Waals surface area (Å²) in [5.74, 6) is -2.72. The van der Waals surface area contributed by atoms with E-state index in [0.29, 0.717) is 0 Å². The molecule has 0 bridgehead atoms. The van der Waals surface area contributed by atoms with E-state index in [1.165, 1.54) is 48.5 Å². The monoisotopic (exact) mass is 370 g/mol. The van der Waals surface area contributed by atoms with Gasteiger partial charge in [-0.15, -0.1) is 0 Å². The maximum Gasteiger partial charge on any atom is 0.346 e. The first kappa shape index (κ1) is 19.8. The van der Waals surface area contributed by atoms with Crippen LogP contribution in [0, 0.1) is 0 Å². The van der Waals surface area contributed by atoms with Gasteiger partial charge in [-0.1, -0.05) is 0 Å². The Bertz CT molecular complexity index is 764. The van der Waals surface area contributed by atoms with Gasteiger partial charge in [0.1, 0.15) is 0 Å². The molecule has 0 spiro atoms. The minimum absolute atomic E-state index is 0.111. The zero-order chi connectivity index (χ0) is 19.8. The smallest absolute Gasteiger partial charge is 0.346 e. The van der Waals surface area contributed by atoms with Gasteiger partial charge in [0, 0.05) is 0 Å². The SMILES string of the molecule is CCOC(=O)c1ccc(C(=O)OC(=O)c2ccc(C(=O)OCC)cc2)cc1. The van der Waals surface area contributed by atoms with Crippen molar-refractivity contribution in [2.45, 2.75) is 13.8 Å². The van der Waals surface area contributed by atoms with Crippen molar-refractivity contribution >= 4 is 23.9 Å². The normalized spacial score (nSPS) is 10.0. The fourth-order valence-corrected chi connectivity index (χ4v) is 2.12. The summed E-state index contributed by atoms with van der Waals surface area (Å²) in [6.07, 6.45) is 0. The lowest BCUT2D eigenvalue weighted by molar-refractivity contribution is 0.0393. The molecule has 2 aromatic rings. The summed E-state index contributed by atoms with van der Waals surface area (Å²) in [7, 11) is 0. The second kappa shape index (κ2) is 9.28. The van der Waals surface area contributed by atoms with E-state index in [1.807, 2.05) is 0 Å². The van der Waals surface area contributed by atoms with E-state index >= 15 is 0 Å². The van der Waals surface area contributed by atoms with E-state index in [9.17, 15) is 19.2 Å². The molecule has 7 heteroatoms. The van der Waals surface area contributed by atoms with Crippen LogP contribution in [0.3, 0.4) is 0 Å². The molecule has 0 aliphatic rings. The Morgan fingerprint density at radius 2 is 0.815 bits per heavy atom. The summed E-state index contributed by atoms with van der Waals surface area (Å²) < 4.78 is 14.5. The molecule has 0 saturated carbocycles. The fraction of sp³-hybridized carbons (Fsp3) is 0.200. The largest absolute Gasteiger partial charge is 0.462 e. The highest BCUT2D eigenvalue weighted by molar-refractivity contribution is 6.03. The van der Waals surface area contributed by atoms with Crippen LogP contribution in [-0.4, -0.2) is 37.1 Å². The van der Waals surface area contributed by atoms with Gasteiger partial charge in [-0.3, -0.25) is 0 Å². The third kappa shape index (κ3) is 5.24. The summed E-state index contributed by atoms with van der Waals surface area (Å²) in [5.41, 5.74) is 0.794. The molecular weight excluding hydrogens is 352 g/mol. The van der Waals surface area contributed by atoms with Crippen molar-refractivity contribution in [3.8, 4) is 0 Å². The molecule has 0 amide bonds. The average molecular weight is 370 g/mol. The van der Waals surface area contributed by atoms with Crippen LogP contribution in [0.5, 0.6) is 0 Å². The molecule has 0 atom stereocenters. The molecule has 0 saturated heterocycles. The van der Waals surface area contributed by atoms with Crippen LogP contribution in [0.15, 0.2) is 48.5 Å². The van der Waals surface area contributed by atoms with E-state index in [1.54, 1.807) is 13.8 Å². The molecule has 27 heavy (non-hydrogen) atoms. The maximum absolute atomic E-state index is 12.1. The zero-order valence-electron chi connectivity index (χ0n) is 14.9. The molecule has 2 rings (SSSR count). The number of benzene rings is 2. The second-order valence-electron chi connectivity index (χ2n) is 5.27. The van der Waals surface area contributed by atoms with Crippen LogP contribution in [-0.2, 0) is 14.2 Å². The van der Waals surface area contributed by atoms with E-state index in [4.69, 9.17) is 14.2 Å². The van der Waals surface area contributed by atoms with Crippen molar-refractivity contribution in [2.75, 3.05) is 13.2 Å². The van der Waals surface area contributed by atoms with E-state index < -0.39 is 23.9 Å². The summed E-state index contributed by atoms with van der Waals surface area (Å²) in [4.78, 5) is 47.3. The lowest BCUT2D eigenvalue weighted by atomic mass is 10.1. The molecule has 2 aromatic carbocycles. The van der Waals surface area contributed by atoms with Crippen LogP contribution in [0.2, 0.25) is 0 Å². The topological polar surface area (TPSA) is 96.0 Å². The van der Waals surface area contributed by atoms with Gasteiger partial charge < -0.3 is 14.2 Å². The van der Waals surface area contributed by atoms with Crippen molar-refractivity contribution in [1.29, 1.82) is 0 Å². The highest BCUT2D eigenvalue weighted by Gasteiger charge is 2.17. The molecular formula is C20H18O7. The molecule has 0 heterocycles. The van der Waals surface area contributed by atoms with Gasteiger partial charge in [0.25, 0.3) is 0 Å². The van der Waals surface area contributed by atoms with Crippen LogP contribution >= 0.6 is 0 Å². The van der Waals surface area contributed by atoms with Gasteiger partial charge in [-0.2, -0.15) is 0 Å². The Morgan fingerprint density at radius 1 is 0.556 bits per heavy atom. The molecule has 0 aliphatic heterocycles. The molecule has 0 fully saturated rings. The number of carbonyl (C=O) groups excluding carboxylic acids is 4. The average Bonchev–Trinajstić information content (AvgIpc) is 2.68. The van der Waals surface area contributed by atoms with Gasteiger partial charge >= 0.3 is 23.9 Å². The number of carbonyl (C=O) groups is 4. The van der Waals surface area contributed by atoms with E-state index in [2.05, 4.69) is 0 Å². The van der Waals surface area contributed by atoms with Crippen molar-refractivity contribution in [2.24, 2.45) is 0 Å². The van der Waals surface area contributed by atoms with Gasteiger partial charge in [-0.05, 0) is 62.4 Å². The predicted molar refractivity (Wildman–Crippen MR) is 94.5 cm³/mol.